The van der Waals surface area contributed by atoms with Crippen molar-refractivity contribution in [2.45, 2.75) is 38.8 Å². The highest BCUT2D eigenvalue weighted by Gasteiger charge is 2.29. The number of benzene rings is 2. The molecule has 2 heterocycles. The second-order valence-electron chi connectivity index (χ2n) is 9.67. The summed E-state index contributed by atoms with van der Waals surface area (Å²) in [6.45, 7) is 2.25. The summed E-state index contributed by atoms with van der Waals surface area (Å²) in [5.41, 5.74) is 9.53. The van der Waals surface area contributed by atoms with Gasteiger partial charge in [0.1, 0.15) is 12.1 Å². The maximum atomic E-state index is 13.0. The van der Waals surface area contributed by atoms with Crippen LogP contribution in [0.4, 0.5) is 0 Å². The van der Waals surface area contributed by atoms with Crippen LogP contribution in [-0.2, 0) is 41.6 Å². The van der Waals surface area contributed by atoms with E-state index in [0.717, 1.165) is 32.9 Å². The maximum absolute atomic E-state index is 13.0. The molecular weight excluding hydrogens is 528 g/mol. The number of esters is 1. The lowest BCUT2D eigenvalue weighted by Crippen LogP contribution is -2.49. The number of carbonyl (C=O) groups excluding carboxylic acids is 5. The first kappa shape index (κ1) is 28.9. The zero-order chi connectivity index (χ0) is 29.7. The average Bonchev–Trinajstić information content (AvgIpc) is 3.48. The molecule has 12 heteroatoms. The van der Waals surface area contributed by atoms with E-state index in [1.165, 1.54) is 21.0 Å². The van der Waals surface area contributed by atoms with Gasteiger partial charge < -0.3 is 36.4 Å². The van der Waals surface area contributed by atoms with Crippen LogP contribution in [0.2, 0.25) is 0 Å². The fourth-order valence-corrected chi connectivity index (χ4v) is 4.99. The molecule has 0 radical (unpaired) electrons. The minimum Gasteiger partial charge on any atom is -0.467 e. The van der Waals surface area contributed by atoms with Crippen LogP contribution in [0.25, 0.3) is 33.2 Å². The number of hydrogen-bond acceptors (Lipinski definition) is 6. The van der Waals surface area contributed by atoms with E-state index in [4.69, 9.17) is 10.5 Å². The molecule has 0 aliphatic carbocycles. The molecule has 0 saturated heterocycles. The van der Waals surface area contributed by atoms with Gasteiger partial charge in [0.2, 0.25) is 23.6 Å². The predicted octanol–water partition coefficient (Wildman–Crippen LogP) is 1.19. The number of aromatic amines is 2. The normalized spacial score (nSPS) is 12.5. The molecule has 2 atom stereocenters. The SMILES string of the molecule is COC(=O)[C@H](Cc1c(-c2[nH]c3ccccc3c2C[C@H](NC(C)=O)C(=O)NCC(N)=O)[nH]c2ccccc12)NC(C)=O. The van der Waals surface area contributed by atoms with Gasteiger partial charge in [-0.25, -0.2) is 4.79 Å². The molecule has 0 bridgehead atoms. The van der Waals surface area contributed by atoms with Crippen molar-refractivity contribution in [3.8, 4) is 11.4 Å². The fourth-order valence-electron chi connectivity index (χ4n) is 4.99. The predicted molar refractivity (Wildman–Crippen MR) is 152 cm³/mol. The third-order valence-electron chi connectivity index (χ3n) is 6.69. The average molecular weight is 561 g/mol. The van der Waals surface area contributed by atoms with Crippen molar-refractivity contribution in [1.82, 2.24) is 25.9 Å². The van der Waals surface area contributed by atoms with Crippen molar-refractivity contribution in [2.24, 2.45) is 5.73 Å². The summed E-state index contributed by atoms with van der Waals surface area (Å²) in [5.74, 6) is -2.68. The Balaban J connectivity index is 1.88. The summed E-state index contributed by atoms with van der Waals surface area (Å²) in [4.78, 5) is 67.8. The lowest BCUT2D eigenvalue weighted by atomic mass is 9.96. The number of H-pyrrole nitrogens is 2. The highest BCUT2D eigenvalue weighted by atomic mass is 16.5. The molecule has 214 valence electrons. The van der Waals surface area contributed by atoms with Crippen LogP contribution in [0, 0.1) is 0 Å². The van der Waals surface area contributed by atoms with Crippen LogP contribution in [0.5, 0.6) is 0 Å². The van der Waals surface area contributed by atoms with Crippen LogP contribution in [0.1, 0.15) is 25.0 Å². The topological polar surface area (TPSA) is 188 Å². The second kappa shape index (κ2) is 12.4. The molecule has 2 aromatic carbocycles. The number of nitrogens with two attached hydrogens (primary N) is 1. The lowest BCUT2D eigenvalue weighted by molar-refractivity contribution is -0.144. The fraction of sp³-hybridized carbons (Fsp3) is 0.276. The Morgan fingerprint density at radius 3 is 1.71 bits per heavy atom. The number of para-hydroxylation sites is 2. The van der Waals surface area contributed by atoms with Gasteiger partial charge in [-0.15, -0.1) is 0 Å². The van der Waals surface area contributed by atoms with Crippen LogP contribution in [-0.4, -0.2) is 65.3 Å². The Hall–Kier alpha value is -5.13. The van der Waals surface area contributed by atoms with Gasteiger partial charge in [0.25, 0.3) is 0 Å². The number of carbonyl (C=O) groups is 5. The number of hydrogen-bond donors (Lipinski definition) is 6. The Morgan fingerprint density at radius 1 is 0.780 bits per heavy atom. The number of amides is 4. The third kappa shape index (κ3) is 6.55. The van der Waals surface area contributed by atoms with E-state index in [0.29, 0.717) is 11.4 Å². The maximum Gasteiger partial charge on any atom is 0.328 e. The molecule has 0 fully saturated rings. The number of primary amides is 1. The van der Waals surface area contributed by atoms with Gasteiger partial charge in [0, 0.05) is 48.5 Å². The first-order chi connectivity index (χ1) is 19.6. The Bertz CT molecular complexity index is 1640. The highest BCUT2D eigenvalue weighted by Crippen LogP contribution is 2.37. The van der Waals surface area contributed by atoms with Crippen LogP contribution in [0.15, 0.2) is 48.5 Å². The monoisotopic (exact) mass is 560 g/mol. The molecule has 7 N–H and O–H groups in total. The van der Waals surface area contributed by atoms with Gasteiger partial charge in [-0.1, -0.05) is 36.4 Å². The van der Waals surface area contributed by atoms with Crippen LogP contribution in [0.3, 0.4) is 0 Å². The van der Waals surface area contributed by atoms with E-state index in [9.17, 15) is 24.0 Å². The van der Waals surface area contributed by atoms with E-state index in [2.05, 4.69) is 25.9 Å². The van der Waals surface area contributed by atoms with E-state index in [1.54, 1.807) is 0 Å². The van der Waals surface area contributed by atoms with Gasteiger partial charge in [-0.05, 0) is 23.3 Å². The molecule has 2 aromatic heterocycles. The Kier molecular flexibility index (Phi) is 8.71. The molecule has 0 unspecified atom stereocenters. The number of rotatable bonds is 11. The van der Waals surface area contributed by atoms with Crippen molar-refractivity contribution >= 4 is 51.4 Å². The van der Waals surface area contributed by atoms with E-state index in [1.807, 2.05) is 48.5 Å². The Labute approximate surface area is 235 Å². The quantitative estimate of drug-likeness (QED) is 0.149. The largest absolute Gasteiger partial charge is 0.467 e. The standard InChI is InChI=1S/C29H32N6O6/c1-15(36)32-23(28(39)31-14-25(30)38)12-19-17-8-4-6-10-21(17)34-26(19)27-20(18-9-5-7-11-22(18)35-27)13-24(29(40)41-3)33-16(2)37/h4-11,23-24,34-35H,12-14H2,1-3H3,(H2,30,38)(H,31,39)(H,32,36)(H,33,37)/t23-,24-/m0/s1. The summed E-state index contributed by atoms with van der Waals surface area (Å²) in [6.07, 6.45) is 0.194. The molecule has 4 amide bonds. The molecular formula is C29H32N6O6. The number of methoxy groups -OCH3 is 1. The van der Waals surface area contributed by atoms with Crippen LogP contribution >= 0.6 is 0 Å². The van der Waals surface area contributed by atoms with Crippen molar-refractivity contribution in [1.29, 1.82) is 0 Å². The van der Waals surface area contributed by atoms with Crippen molar-refractivity contribution in [3.05, 3.63) is 59.7 Å². The minimum absolute atomic E-state index is 0.0739. The van der Waals surface area contributed by atoms with Gasteiger partial charge in [0.15, 0.2) is 0 Å². The number of ether oxygens (including phenoxy) is 1. The molecule has 0 saturated carbocycles. The molecule has 0 aliphatic heterocycles. The van der Waals surface area contributed by atoms with Gasteiger partial charge in [-0.3, -0.25) is 19.2 Å². The molecule has 41 heavy (non-hydrogen) atoms. The van der Waals surface area contributed by atoms with Gasteiger partial charge in [-0.2, -0.15) is 0 Å². The molecule has 4 aromatic rings. The summed E-state index contributed by atoms with van der Waals surface area (Å²) in [7, 11) is 1.26. The first-order valence-corrected chi connectivity index (χ1v) is 13.0. The highest BCUT2D eigenvalue weighted by molar-refractivity contribution is 5.98. The summed E-state index contributed by atoms with van der Waals surface area (Å²) < 4.78 is 4.96. The molecule has 4 rings (SSSR count). The number of aromatic nitrogens is 2. The number of fused-ring (bicyclic) bond motifs is 2. The summed E-state index contributed by atoms with van der Waals surface area (Å²) >= 11 is 0. The summed E-state index contributed by atoms with van der Waals surface area (Å²) in [5, 5.41) is 9.46. The number of nitrogens with one attached hydrogen (secondary N) is 5. The summed E-state index contributed by atoms with van der Waals surface area (Å²) in [6, 6.07) is 13.1. The van der Waals surface area contributed by atoms with Gasteiger partial charge in [0.05, 0.1) is 25.0 Å². The van der Waals surface area contributed by atoms with Crippen LogP contribution < -0.4 is 21.7 Å². The van der Waals surface area contributed by atoms with Crippen molar-refractivity contribution < 1.29 is 28.7 Å². The molecule has 12 nitrogen and oxygen atoms in total. The minimum atomic E-state index is -1.01. The smallest absolute Gasteiger partial charge is 0.328 e. The van der Waals surface area contributed by atoms with Gasteiger partial charge >= 0.3 is 5.97 Å². The van der Waals surface area contributed by atoms with Crippen molar-refractivity contribution in [2.75, 3.05) is 13.7 Å². The molecule has 0 aliphatic rings. The zero-order valence-corrected chi connectivity index (χ0v) is 22.9. The van der Waals surface area contributed by atoms with Crippen molar-refractivity contribution in [3.63, 3.8) is 0 Å². The van der Waals surface area contributed by atoms with E-state index in [-0.39, 0.29) is 25.3 Å². The first-order valence-electron chi connectivity index (χ1n) is 13.0. The Morgan fingerprint density at radius 2 is 1.24 bits per heavy atom. The molecule has 0 spiro atoms. The second-order valence-corrected chi connectivity index (χ2v) is 9.67. The third-order valence-corrected chi connectivity index (χ3v) is 6.69. The zero-order valence-electron chi connectivity index (χ0n) is 22.9. The van der Waals surface area contributed by atoms with E-state index >= 15 is 0 Å². The van der Waals surface area contributed by atoms with E-state index < -0.39 is 35.8 Å². The lowest BCUT2D eigenvalue weighted by Gasteiger charge is -2.19.